The first-order valence-electron chi connectivity index (χ1n) is 4.26. The highest BCUT2D eigenvalue weighted by Gasteiger charge is 2.22. The number of carbonyl (C=O) groups excluding carboxylic acids is 1. The Morgan fingerprint density at radius 3 is 2.31 bits per heavy atom. The quantitative estimate of drug-likeness (QED) is 0.743. The monoisotopic (exact) mass is 240 g/mol. The second-order valence-corrected chi connectivity index (χ2v) is 5.54. The Bertz CT molecular complexity index is 285. The zero-order valence-electron chi connectivity index (χ0n) is 7.88. The van der Waals surface area contributed by atoms with Gasteiger partial charge in [0.15, 0.2) is 5.78 Å². The lowest BCUT2D eigenvalue weighted by molar-refractivity contribution is -0.119. The van der Waals surface area contributed by atoms with Crippen LogP contribution in [0.5, 0.6) is 0 Å². The van der Waals surface area contributed by atoms with Gasteiger partial charge in [-0.3, -0.25) is 4.79 Å². The first-order valence-corrected chi connectivity index (χ1v) is 5.05. The van der Waals surface area contributed by atoms with Gasteiger partial charge in [-0.05, 0) is 19.4 Å². The number of halogens is 1. The summed E-state index contributed by atoms with van der Waals surface area (Å²) in [6.45, 7) is 3.75. The number of alkyl halides is 1. The van der Waals surface area contributed by atoms with Gasteiger partial charge in [-0.15, -0.1) is 0 Å². The van der Waals surface area contributed by atoms with Crippen molar-refractivity contribution in [3.8, 4) is 0 Å². The lowest BCUT2D eigenvalue weighted by Gasteiger charge is -2.13. The summed E-state index contributed by atoms with van der Waals surface area (Å²) in [6.07, 6.45) is 0.499. The van der Waals surface area contributed by atoms with Gasteiger partial charge in [0.1, 0.15) is 0 Å². The Kier molecular flexibility index (Phi) is 3.26. The van der Waals surface area contributed by atoms with E-state index in [1.807, 2.05) is 44.2 Å². The third-order valence-corrected chi connectivity index (χ3v) is 2.31. The average Bonchev–Trinajstić information content (AvgIpc) is 2.04. The molecule has 1 rings (SSSR count). The van der Waals surface area contributed by atoms with E-state index in [0.29, 0.717) is 6.42 Å². The highest BCUT2D eigenvalue weighted by atomic mass is 79.9. The first kappa shape index (κ1) is 10.5. The van der Waals surface area contributed by atoms with E-state index in [2.05, 4.69) is 15.9 Å². The second-order valence-electron chi connectivity index (χ2n) is 3.56. The van der Waals surface area contributed by atoms with E-state index < -0.39 is 4.32 Å². The van der Waals surface area contributed by atoms with Gasteiger partial charge in [0, 0.05) is 6.42 Å². The van der Waals surface area contributed by atoms with Crippen LogP contribution in [-0.2, 0) is 11.2 Å². The molecular weight excluding hydrogens is 228 g/mol. The predicted octanol–water partition coefficient (Wildman–Crippen LogP) is 2.97. The summed E-state index contributed by atoms with van der Waals surface area (Å²) in [5.41, 5.74) is 1.07. The highest BCUT2D eigenvalue weighted by Crippen LogP contribution is 2.19. The van der Waals surface area contributed by atoms with Crippen LogP contribution in [0.1, 0.15) is 19.4 Å². The van der Waals surface area contributed by atoms with Gasteiger partial charge in [-0.2, -0.15) is 0 Å². The zero-order valence-corrected chi connectivity index (χ0v) is 9.47. The Labute approximate surface area is 87.3 Å². The minimum Gasteiger partial charge on any atom is -0.298 e. The summed E-state index contributed by atoms with van der Waals surface area (Å²) in [7, 11) is 0. The fourth-order valence-electron chi connectivity index (χ4n) is 0.991. The molecule has 1 aromatic rings. The van der Waals surface area contributed by atoms with E-state index in [0.717, 1.165) is 5.56 Å². The van der Waals surface area contributed by atoms with Crippen LogP contribution in [0.2, 0.25) is 0 Å². The molecule has 2 heteroatoms. The molecule has 0 amide bonds. The van der Waals surface area contributed by atoms with Crippen molar-refractivity contribution in [2.75, 3.05) is 0 Å². The number of ketones is 1. The topological polar surface area (TPSA) is 17.1 Å². The molecule has 0 aliphatic heterocycles. The molecule has 0 unspecified atom stereocenters. The predicted molar refractivity (Wildman–Crippen MR) is 58.2 cm³/mol. The molecule has 0 spiro atoms. The fraction of sp³-hybridized carbons (Fsp3) is 0.364. The van der Waals surface area contributed by atoms with Crippen LogP contribution in [0, 0.1) is 0 Å². The maximum Gasteiger partial charge on any atom is 0.153 e. The molecule has 1 nitrogen and oxygen atoms in total. The van der Waals surface area contributed by atoms with Crippen molar-refractivity contribution >= 4 is 21.7 Å². The first-order chi connectivity index (χ1) is 6.00. The van der Waals surface area contributed by atoms with Crippen molar-refractivity contribution in [1.82, 2.24) is 0 Å². The summed E-state index contributed by atoms with van der Waals surface area (Å²) >= 11 is 3.35. The summed E-state index contributed by atoms with van der Waals surface area (Å²) in [5, 5.41) is 0. The van der Waals surface area contributed by atoms with E-state index in [1.54, 1.807) is 0 Å². The number of carbonyl (C=O) groups is 1. The van der Waals surface area contributed by atoms with Crippen molar-refractivity contribution in [2.45, 2.75) is 24.6 Å². The van der Waals surface area contributed by atoms with Crippen LogP contribution in [-0.4, -0.2) is 10.1 Å². The molecule has 0 heterocycles. The molecule has 0 aliphatic rings. The van der Waals surface area contributed by atoms with Gasteiger partial charge in [-0.25, -0.2) is 0 Å². The Hall–Kier alpha value is -0.630. The number of Topliss-reactive ketones (excluding diaryl/α,β-unsaturated/α-hetero) is 1. The molecule has 70 valence electrons. The Morgan fingerprint density at radius 2 is 1.85 bits per heavy atom. The lowest BCUT2D eigenvalue weighted by Crippen LogP contribution is -2.25. The van der Waals surface area contributed by atoms with Crippen molar-refractivity contribution in [3.63, 3.8) is 0 Å². The minimum atomic E-state index is -0.414. The standard InChI is InChI=1S/C11H13BrO/c1-11(2,12)10(13)8-9-6-4-3-5-7-9/h3-7H,8H2,1-2H3. The van der Waals surface area contributed by atoms with E-state index in [1.165, 1.54) is 0 Å². The molecule has 0 N–H and O–H groups in total. The molecule has 1 aromatic carbocycles. The van der Waals surface area contributed by atoms with Gasteiger partial charge in [0.05, 0.1) is 4.32 Å². The lowest BCUT2D eigenvalue weighted by atomic mass is 10.0. The van der Waals surface area contributed by atoms with Crippen molar-refractivity contribution in [1.29, 1.82) is 0 Å². The normalized spacial score (nSPS) is 11.3. The van der Waals surface area contributed by atoms with E-state index in [4.69, 9.17) is 0 Å². The molecule has 0 fully saturated rings. The van der Waals surface area contributed by atoms with Crippen LogP contribution in [0.4, 0.5) is 0 Å². The highest BCUT2D eigenvalue weighted by molar-refractivity contribution is 9.10. The fourth-order valence-corrected chi connectivity index (χ4v) is 1.13. The van der Waals surface area contributed by atoms with Gasteiger partial charge < -0.3 is 0 Å². The van der Waals surface area contributed by atoms with Crippen molar-refractivity contribution in [3.05, 3.63) is 35.9 Å². The summed E-state index contributed by atoms with van der Waals surface area (Å²) in [6, 6.07) is 9.79. The second kappa shape index (κ2) is 4.05. The van der Waals surface area contributed by atoms with E-state index >= 15 is 0 Å². The smallest absolute Gasteiger partial charge is 0.153 e. The Balaban J connectivity index is 2.66. The van der Waals surface area contributed by atoms with Crippen LogP contribution < -0.4 is 0 Å². The van der Waals surface area contributed by atoms with Gasteiger partial charge >= 0.3 is 0 Å². The molecule has 0 aromatic heterocycles. The number of benzene rings is 1. The number of hydrogen-bond acceptors (Lipinski definition) is 1. The molecule has 0 saturated carbocycles. The van der Waals surface area contributed by atoms with Crippen molar-refractivity contribution in [2.24, 2.45) is 0 Å². The van der Waals surface area contributed by atoms with Crippen LogP contribution in [0.25, 0.3) is 0 Å². The maximum absolute atomic E-state index is 11.6. The summed E-state index contributed by atoms with van der Waals surface area (Å²) in [4.78, 5) is 11.6. The number of rotatable bonds is 3. The molecular formula is C11H13BrO. The van der Waals surface area contributed by atoms with Crippen LogP contribution in [0.15, 0.2) is 30.3 Å². The van der Waals surface area contributed by atoms with Gasteiger partial charge in [0.25, 0.3) is 0 Å². The van der Waals surface area contributed by atoms with E-state index in [9.17, 15) is 4.79 Å². The van der Waals surface area contributed by atoms with Crippen molar-refractivity contribution < 1.29 is 4.79 Å². The average molecular weight is 241 g/mol. The largest absolute Gasteiger partial charge is 0.298 e. The molecule has 0 radical (unpaired) electrons. The van der Waals surface area contributed by atoms with Gasteiger partial charge in [-0.1, -0.05) is 46.3 Å². The molecule has 0 saturated heterocycles. The van der Waals surface area contributed by atoms with Crippen LogP contribution in [0.3, 0.4) is 0 Å². The maximum atomic E-state index is 11.6. The van der Waals surface area contributed by atoms with Gasteiger partial charge in [0.2, 0.25) is 0 Å². The molecule has 0 aliphatic carbocycles. The molecule has 0 atom stereocenters. The van der Waals surface area contributed by atoms with E-state index in [-0.39, 0.29) is 5.78 Å². The Morgan fingerprint density at radius 1 is 1.31 bits per heavy atom. The zero-order chi connectivity index (χ0) is 9.90. The molecule has 13 heavy (non-hydrogen) atoms. The third-order valence-electron chi connectivity index (χ3n) is 1.87. The molecule has 0 bridgehead atoms. The summed E-state index contributed by atoms with van der Waals surface area (Å²) in [5.74, 6) is 0.207. The van der Waals surface area contributed by atoms with Crippen LogP contribution >= 0.6 is 15.9 Å². The third kappa shape index (κ3) is 3.31. The minimum absolute atomic E-state index is 0.207. The SMILES string of the molecule is CC(C)(Br)C(=O)Cc1ccccc1. The summed E-state index contributed by atoms with van der Waals surface area (Å²) < 4.78 is -0.414. The number of hydrogen-bond donors (Lipinski definition) is 0.